The molecule has 0 aliphatic carbocycles. The Morgan fingerprint density at radius 3 is 2.41 bits per heavy atom. The summed E-state index contributed by atoms with van der Waals surface area (Å²) in [5, 5.41) is 2.78. The first kappa shape index (κ1) is 21.0. The minimum atomic E-state index is -4.40. The van der Waals surface area contributed by atoms with Crippen molar-refractivity contribution >= 4 is 17.3 Å². The average Bonchev–Trinajstić information content (AvgIpc) is 2.73. The summed E-state index contributed by atoms with van der Waals surface area (Å²) in [5.41, 5.74) is 1.75. The van der Waals surface area contributed by atoms with Crippen LogP contribution < -0.4 is 10.2 Å². The van der Waals surface area contributed by atoms with Crippen LogP contribution in [0, 0.1) is 0 Å². The third-order valence-electron chi connectivity index (χ3n) is 5.14. The quantitative estimate of drug-likeness (QED) is 0.752. The first-order valence-electron chi connectivity index (χ1n) is 9.82. The minimum Gasteiger partial charge on any atom is -0.376 e. The molecule has 1 saturated heterocycles. The van der Waals surface area contributed by atoms with Crippen molar-refractivity contribution in [1.82, 2.24) is 4.90 Å². The summed E-state index contributed by atoms with van der Waals surface area (Å²) in [6.07, 6.45) is -0.676. The highest BCUT2D eigenvalue weighted by molar-refractivity contribution is 5.80. The zero-order valence-corrected chi connectivity index (χ0v) is 16.5. The van der Waals surface area contributed by atoms with E-state index in [1.807, 2.05) is 12.1 Å². The van der Waals surface area contributed by atoms with Gasteiger partial charge in [0.2, 0.25) is 5.91 Å². The maximum Gasteiger partial charge on any atom is 0.416 e. The third-order valence-corrected chi connectivity index (χ3v) is 5.14. The van der Waals surface area contributed by atoms with Crippen molar-refractivity contribution in [3.8, 4) is 0 Å². The van der Waals surface area contributed by atoms with E-state index in [-0.39, 0.29) is 18.1 Å². The van der Waals surface area contributed by atoms with Crippen LogP contribution in [0.5, 0.6) is 0 Å². The number of nitrogens with one attached hydrogen (secondary N) is 1. The van der Waals surface area contributed by atoms with Crippen molar-refractivity contribution in [2.75, 3.05) is 36.9 Å². The number of alkyl halides is 3. The largest absolute Gasteiger partial charge is 0.416 e. The normalized spacial score (nSPS) is 14.6. The van der Waals surface area contributed by atoms with Crippen LogP contribution in [-0.2, 0) is 17.5 Å². The van der Waals surface area contributed by atoms with Crippen molar-refractivity contribution in [3.05, 3.63) is 59.7 Å². The standard InChI is InChI=1S/C22H26F3N3O/c1-27(16-17-8-10-20(11-9-17)28-12-3-2-4-13-28)21(29)15-26-19-7-5-6-18(14-19)22(23,24)25/h5-11,14,26H,2-4,12-13,15-16H2,1H3. The zero-order valence-electron chi connectivity index (χ0n) is 16.5. The monoisotopic (exact) mass is 405 g/mol. The molecule has 0 radical (unpaired) electrons. The van der Waals surface area contributed by atoms with Gasteiger partial charge in [0.25, 0.3) is 0 Å². The Morgan fingerprint density at radius 1 is 1.07 bits per heavy atom. The molecule has 0 unspecified atom stereocenters. The van der Waals surface area contributed by atoms with Crippen LogP contribution in [0.1, 0.15) is 30.4 Å². The number of carbonyl (C=O) groups is 1. The highest BCUT2D eigenvalue weighted by Gasteiger charge is 2.30. The molecule has 0 saturated carbocycles. The average molecular weight is 405 g/mol. The summed E-state index contributed by atoms with van der Waals surface area (Å²) < 4.78 is 38.3. The first-order valence-corrected chi connectivity index (χ1v) is 9.82. The fraction of sp³-hybridized carbons (Fsp3) is 0.409. The number of halogens is 3. The Labute approximate surface area is 169 Å². The third kappa shape index (κ3) is 5.89. The molecule has 0 spiro atoms. The van der Waals surface area contributed by atoms with Gasteiger partial charge < -0.3 is 15.1 Å². The van der Waals surface area contributed by atoms with Gasteiger partial charge >= 0.3 is 6.18 Å². The predicted molar refractivity (Wildman–Crippen MR) is 109 cm³/mol. The molecule has 4 nitrogen and oxygen atoms in total. The van der Waals surface area contributed by atoms with Gasteiger partial charge in [-0.05, 0) is 55.2 Å². The van der Waals surface area contributed by atoms with Crippen molar-refractivity contribution in [2.24, 2.45) is 0 Å². The van der Waals surface area contributed by atoms with E-state index in [4.69, 9.17) is 0 Å². The van der Waals surface area contributed by atoms with Gasteiger partial charge in [-0.2, -0.15) is 13.2 Å². The molecule has 1 amide bonds. The van der Waals surface area contributed by atoms with Crippen LogP contribution in [0.15, 0.2) is 48.5 Å². The second-order valence-corrected chi connectivity index (χ2v) is 7.40. The van der Waals surface area contributed by atoms with E-state index in [1.165, 1.54) is 37.1 Å². The van der Waals surface area contributed by atoms with Gasteiger partial charge in [-0.3, -0.25) is 4.79 Å². The van der Waals surface area contributed by atoms with E-state index in [9.17, 15) is 18.0 Å². The van der Waals surface area contributed by atoms with Crippen LogP contribution in [0.3, 0.4) is 0 Å². The van der Waals surface area contributed by atoms with E-state index >= 15 is 0 Å². The molecule has 1 N–H and O–H groups in total. The number of hydrogen-bond donors (Lipinski definition) is 1. The van der Waals surface area contributed by atoms with Crippen molar-refractivity contribution in [2.45, 2.75) is 32.0 Å². The summed E-state index contributed by atoms with van der Waals surface area (Å²) in [6.45, 7) is 2.55. The second-order valence-electron chi connectivity index (χ2n) is 7.40. The van der Waals surface area contributed by atoms with Gasteiger partial charge in [-0.15, -0.1) is 0 Å². The zero-order chi connectivity index (χ0) is 20.9. The number of nitrogens with zero attached hydrogens (tertiary/aromatic N) is 2. The number of piperidine rings is 1. The fourth-order valence-electron chi connectivity index (χ4n) is 3.44. The van der Waals surface area contributed by atoms with Gasteiger partial charge in [-0.25, -0.2) is 0 Å². The van der Waals surface area contributed by atoms with Gasteiger partial charge in [0.15, 0.2) is 0 Å². The summed E-state index contributed by atoms with van der Waals surface area (Å²) in [4.78, 5) is 16.3. The van der Waals surface area contributed by atoms with Gasteiger partial charge in [-0.1, -0.05) is 18.2 Å². The SMILES string of the molecule is CN(Cc1ccc(N2CCCCC2)cc1)C(=O)CNc1cccc(C(F)(F)F)c1. The Morgan fingerprint density at radius 2 is 1.76 bits per heavy atom. The van der Waals surface area contributed by atoms with E-state index in [0.717, 1.165) is 30.8 Å². The highest BCUT2D eigenvalue weighted by Crippen LogP contribution is 2.30. The maximum absolute atomic E-state index is 12.8. The molecule has 1 heterocycles. The van der Waals surface area contributed by atoms with Crippen molar-refractivity contribution in [1.29, 1.82) is 0 Å². The molecule has 7 heteroatoms. The molecule has 2 aromatic rings. The molecule has 0 bridgehead atoms. The lowest BCUT2D eigenvalue weighted by Crippen LogP contribution is -2.32. The molecular weight excluding hydrogens is 379 g/mol. The Bertz CT molecular complexity index is 815. The lowest BCUT2D eigenvalue weighted by molar-refractivity contribution is -0.137. The predicted octanol–water partition coefficient (Wildman–Crippen LogP) is 4.77. The molecule has 1 fully saturated rings. The first-order chi connectivity index (χ1) is 13.8. The van der Waals surface area contributed by atoms with Crippen LogP contribution >= 0.6 is 0 Å². The molecule has 3 rings (SSSR count). The van der Waals surface area contributed by atoms with Gasteiger partial charge in [0, 0.05) is 38.1 Å². The van der Waals surface area contributed by atoms with E-state index in [1.54, 1.807) is 11.9 Å². The van der Waals surface area contributed by atoms with E-state index in [0.29, 0.717) is 6.54 Å². The van der Waals surface area contributed by atoms with Crippen LogP contribution in [0.4, 0.5) is 24.5 Å². The number of rotatable bonds is 6. The number of hydrogen-bond acceptors (Lipinski definition) is 3. The van der Waals surface area contributed by atoms with Gasteiger partial charge in [0.05, 0.1) is 12.1 Å². The number of amides is 1. The summed E-state index contributed by atoms with van der Waals surface area (Å²) in [7, 11) is 1.69. The van der Waals surface area contributed by atoms with Crippen LogP contribution in [0.25, 0.3) is 0 Å². The van der Waals surface area contributed by atoms with Crippen molar-refractivity contribution in [3.63, 3.8) is 0 Å². The van der Waals surface area contributed by atoms with Gasteiger partial charge in [0.1, 0.15) is 0 Å². The van der Waals surface area contributed by atoms with E-state index in [2.05, 4.69) is 22.3 Å². The summed E-state index contributed by atoms with van der Waals surface area (Å²) >= 11 is 0. The Kier molecular flexibility index (Phi) is 6.67. The molecule has 0 atom stereocenters. The molecular formula is C22H26F3N3O. The Balaban J connectivity index is 1.51. The summed E-state index contributed by atoms with van der Waals surface area (Å²) in [5.74, 6) is -0.192. The van der Waals surface area contributed by atoms with Crippen LogP contribution in [-0.4, -0.2) is 37.5 Å². The summed E-state index contributed by atoms with van der Waals surface area (Å²) in [6, 6.07) is 13.1. The lowest BCUT2D eigenvalue weighted by atomic mass is 10.1. The number of anilines is 2. The smallest absolute Gasteiger partial charge is 0.376 e. The number of carbonyl (C=O) groups excluding carboxylic acids is 1. The molecule has 1 aliphatic heterocycles. The molecule has 1 aliphatic rings. The maximum atomic E-state index is 12.8. The second kappa shape index (κ2) is 9.20. The molecule has 2 aromatic carbocycles. The van der Waals surface area contributed by atoms with E-state index < -0.39 is 11.7 Å². The van der Waals surface area contributed by atoms with Crippen LogP contribution in [0.2, 0.25) is 0 Å². The fourth-order valence-corrected chi connectivity index (χ4v) is 3.44. The topological polar surface area (TPSA) is 35.6 Å². The van der Waals surface area contributed by atoms with Crippen molar-refractivity contribution < 1.29 is 18.0 Å². The molecule has 0 aromatic heterocycles. The molecule has 156 valence electrons. The minimum absolute atomic E-state index is 0.0658. The Hall–Kier alpha value is -2.70. The highest BCUT2D eigenvalue weighted by atomic mass is 19.4. The molecule has 29 heavy (non-hydrogen) atoms. The number of benzene rings is 2. The lowest BCUT2D eigenvalue weighted by Gasteiger charge is -2.29. The number of likely N-dealkylation sites (N-methyl/N-ethyl adjacent to an activating group) is 1.